The van der Waals surface area contributed by atoms with Crippen LogP contribution in [0.15, 0.2) is 36.4 Å². The summed E-state index contributed by atoms with van der Waals surface area (Å²) >= 11 is 5.57. The number of anilines is 1. The van der Waals surface area contributed by atoms with Crippen LogP contribution in [0.4, 0.5) is 5.69 Å². The summed E-state index contributed by atoms with van der Waals surface area (Å²) in [6.45, 7) is 8.28. The molecule has 2 aromatic carbocycles. The van der Waals surface area contributed by atoms with E-state index in [4.69, 9.17) is 17.0 Å². The fourth-order valence-electron chi connectivity index (χ4n) is 3.38. The van der Waals surface area contributed by atoms with Gasteiger partial charge in [0.15, 0.2) is 5.11 Å². The van der Waals surface area contributed by atoms with E-state index in [2.05, 4.69) is 10.2 Å². The Kier molecular flexibility index (Phi) is 6.68. The zero-order valence-corrected chi connectivity index (χ0v) is 17.7. The van der Waals surface area contributed by atoms with Gasteiger partial charge >= 0.3 is 5.97 Å². The number of hydrogen-bond acceptors (Lipinski definition) is 3. The Balaban J connectivity index is 1.65. The molecule has 1 fully saturated rings. The lowest BCUT2D eigenvalue weighted by atomic mass is 10.0. The summed E-state index contributed by atoms with van der Waals surface area (Å²) in [5, 5.41) is 4.12. The van der Waals surface area contributed by atoms with Gasteiger partial charge in [-0.1, -0.05) is 29.8 Å². The predicted molar refractivity (Wildman–Crippen MR) is 118 cm³/mol. The normalized spacial score (nSPS) is 13.9. The highest BCUT2D eigenvalue weighted by atomic mass is 32.1. The summed E-state index contributed by atoms with van der Waals surface area (Å²) < 4.78 is 5.51. The van der Waals surface area contributed by atoms with Gasteiger partial charge in [-0.15, -0.1) is 0 Å². The van der Waals surface area contributed by atoms with E-state index >= 15 is 0 Å². The molecule has 1 saturated heterocycles. The summed E-state index contributed by atoms with van der Waals surface area (Å²) in [6.07, 6.45) is 3.65. The summed E-state index contributed by atoms with van der Waals surface area (Å²) in [6, 6.07) is 11.7. The molecule has 1 N–H and O–H groups in total. The number of thiocarbonyl (C=S) groups is 1. The minimum atomic E-state index is -0.300. The molecule has 0 saturated carbocycles. The second-order valence-electron chi connectivity index (χ2n) is 7.45. The van der Waals surface area contributed by atoms with E-state index in [0.717, 1.165) is 40.6 Å². The van der Waals surface area contributed by atoms with Crippen LogP contribution >= 0.6 is 12.2 Å². The monoisotopic (exact) mass is 396 g/mol. The molecule has 4 nitrogen and oxygen atoms in total. The number of benzene rings is 2. The summed E-state index contributed by atoms with van der Waals surface area (Å²) in [7, 11) is 0. The number of aryl methyl sites for hydroxylation is 1. The van der Waals surface area contributed by atoms with Gasteiger partial charge < -0.3 is 15.0 Å². The van der Waals surface area contributed by atoms with Crippen molar-refractivity contribution in [2.45, 2.75) is 46.6 Å². The molecule has 0 aromatic heterocycles. The minimum absolute atomic E-state index is 0.274. The zero-order valence-electron chi connectivity index (χ0n) is 16.9. The van der Waals surface area contributed by atoms with Crippen LogP contribution < -0.4 is 5.32 Å². The molecule has 0 radical (unpaired) electrons. The van der Waals surface area contributed by atoms with Gasteiger partial charge in [0.2, 0.25) is 0 Å². The first kappa shape index (κ1) is 20.3. The van der Waals surface area contributed by atoms with E-state index in [0.29, 0.717) is 5.56 Å². The molecule has 3 rings (SSSR count). The van der Waals surface area contributed by atoms with Crippen molar-refractivity contribution in [3.05, 3.63) is 64.2 Å². The van der Waals surface area contributed by atoms with Crippen LogP contribution in [-0.4, -0.2) is 29.1 Å². The Morgan fingerprint density at radius 2 is 1.68 bits per heavy atom. The van der Waals surface area contributed by atoms with E-state index in [9.17, 15) is 4.79 Å². The average molecular weight is 397 g/mol. The number of carbonyl (C=O) groups excluding carboxylic acids is 1. The number of esters is 1. The van der Waals surface area contributed by atoms with E-state index in [1.165, 1.54) is 24.8 Å². The molecule has 2 aromatic rings. The largest absolute Gasteiger partial charge is 0.457 e. The Morgan fingerprint density at radius 3 is 2.36 bits per heavy atom. The highest BCUT2D eigenvalue weighted by Crippen LogP contribution is 2.24. The standard InChI is InChI=1S/C23H28N2O2S/c1-16-7-9-19(10-8-16)15-27-22(26)20-11-12-21(18(3)17(20)2)24-23(28)25-13-5-4-6-14-25/h7-12H,4-6,13-15H2,1-3H3,(H,24,28). The molecule has 0 bridgehead atoms. The molecule has 1 heterocycles. The Morgan fingerprint density at radius 1 is 1.00 bits per heavy atom. The van der Waals surface area contributed by atoms with Gasteiger partial charge in [0.1, 0.15) is 6.61 Å². The zero-order chi connectivity index (χ0) is 20.1. The fraction of sp³-hybridized carbons (Fsp3) is 0.391. The van der Waals surface area contributed by atoms with E-state index in [1.54, 1.807) is 0 Å². The number of carbonyl (C=O) groups is 1. The van der Waals surface area contributed by atoms with Gasteiger partial charge in [-0.3, -0.25) is 0 Å². The first-order chi connectivity index (χ1) is 13.5. The van der Waals surface area contributed by atoms with Crippen molar-refractivity contribution in [2.24, 2.45) is 0 Å². The van der Waals surface area contributed by atoms with Gasteiger partial charge in [-0.05, 0) is 81.1 Å². The lowest BCUT2D eigenvalue weighted by Gasteiger charge is -2.29. The molecular formula is C23H28N2O2S. The van der Waals surface area contributed by atoms with Crippen LogP contribution in [0.5, 0.6) is 0 Å². The number of rotatable bonds is 4. The smallest absolute Gasteiger partial charge is 0.338 e. The van der Waals surface area contributed by atoms with Crippen molar-refractivity contribution in [2.75, 3.05) is 18.4 Å². The Hall–Kier alpha value is -2.40. The SMILES string of the molecule is Cc1ccc(COC(=O)c2ccc(NC(=S)N3CCCCC3)c(C)c2C)cc1. The molecule has 0 atom stereocenters. The summed E-state index contributed by atoms with van der Waals surface area (Å²) in [5.74, 6) is -0.300. The topological polar surface area (TPSA) is 41.6 Å². The lowest BCUT2D eigenvalue weighted by Crippen LogP contribution is -2.38. The third-order valence-corrected chi connectivity index (χ3v) is 5.74. The maximum atomic E-state index is 12.6. The van der Waals surface area contributed by atoms with Crippen LogP contribution in [0.25, 0.3) is 0 Å². The average Bonchev–Trinajstić information content (AvgIpc) is 2.71. The van der Waals surface area contributed by atoms with E-state index in [-0.39, 0.29) is 12.6 Å². The van der Waals surface area contributed by atoms with Gasteiger partial charge in [0.05, 0.1) is 5.56 Å². The van der Waals surface area contributed by atoms with Crippen LogP contribution in [0.2, 0.25) is 0 Å². The molecular weight excluding hydrogens is 368 g/mol. The molecule has 0 spiro atoms. The van der Waals surface area contributed by atoms with E-state index < -0.39 is 0 Å². The molecule has 148 valence electrons. The number of piperidine rings is 1. The third kappa shape index (κ3) is 4.90. The van der Waals surface area contributed by atoms with Gasteiger partial charge in [0.25, 0.3) is 0 Å². The van der Waals surface area contributed by atoms with Crippen molar-refractivity contribution >= 4 is 29.0 Å². The van der Waals surface area contributed by atoms with Crippen LogP contribution in [-0.2, 0) is 11.3 Å². The maximum Gasteiger partial charge on any atom is 0.338 e. The lowest BCUT2D eigenvalue weighted by molar-refractivity contribution is 0.0472. The first-order valence-corrected chi connectivity index (χ1v) is 10.3. The van der Waals surface area contributed by atoms with Crippen LogP contribution in [0.1, 0.15) is 51.9 Å². The highest BCUT2D eigenvalue weighted by molar-refractivity contribution is 7.80. The maximum absolute atomic E-state index is 12.6. The van der Waals surface area contributed by atoms with Crippen LogP contribution in [0, 0.1) is 20.8 Å². The van der Waals surface area contributed by atoms with Crippen molar-refractivity contribution in [3.63, 3.8) is 0 Å². The molecule has 0 aliphatic carbocycles. The summed E-state index contributed by atoms with van der Waals surface area (Å²) in [4.78, 5) is 14.8. The number of likely N-dealkylation sites (tertiary alicyclic amines) is 1. The van der Waals surface area contributed by atoms with Gasteiger partial charge in [-0.2, -0.15) is 0 Å². The highest BCUT2D eigenvalue weighted by Gasteiger charge is 2.17. The Labute approximate surface area is 172 Å². The molecule has 5 heteroatoms. The first-order valence-electron chi connectivity index (χ1n) is 9.84. The van der Waals surface area contributed by atoms with Gasteiger partial charge in [0, 0.05) is 18.8 Å². The second kappa shape index (κ2) is 9.20. The third-order valence-electron chi connectivity index (χ3n) is 5.38. The van der Waals surface area contributed by atoms with Crippen LogP contribution in [0.3, 0.4) is 0 Å². The molecule has 1 aliphatic rings. The quantitative estimate of drug-likeness (QED) is 0.572. The van der Waals surface area contributed by atoms with Crippen molar-refractivity contribution in [1.29, 1.82) is 0 Å². The van der Waals surface area contributed by atoms with E-state index in [1.807, 2.05) is 57.2 Å². The number of ether oxygens (including phenoxy) is 1. The van der Waals surface area contributed by atoms with Crippen molar-refractivity contribution in [1.82, 2.24) is 4.90 Å². The molecule has 28 heavy (non-hydrogen) atoms. The van der Waals surface area contributed by atoms with Crippen molar-refractivity contribution in [3.8, 4) is 0 Å². The molecule has 0 unspecified atom stereocenters. The fourth-order valence-corrected chi connectivity index (χ4v) is 3.67. The molecule has 0 amide bonds. The predicted octanol–water partition coefficient (Wildman–Crippen LogP) is 5.15. The minimum Gasteiger partial charge on any atom is -0.457 e. The Bertz CT molecular complexity index is 856. The van der Waals surface area contributed by atoms with Gasteiger partial charge in [-0.25, -0.2) is 4.79 Å². The second-order valence-corrected chi connectivity index (χ2v) is 7.84. The summed E-state index contributed by atoms with van der Waals surface area (Å²) in [5.41, 5.74) is 5.65. The molecule has 1 aliphatic heterocycles. The number of hydrogen-bond donors (Lipinski definition) is 1. The number of nitrogens with one attached hydrogen (secondary N) is 1. The number of nitrogens with zero attached hydrogens (tertiary/aromatic N) is 1. The van der Waals surface area contributed by atoms with Crippen molar-refractivity contribution < 1.29 is 9.53 Å².